The summed E-state index contributed by atoms with van der Waals surface area (Å²) < 4.78 is 88.8. The molecule has 2 unspecified atom stereocenters. The first-order valence-electron chi connectivity index (χ1n) is 12.0. The second-order valence-electron chi connectivity index (χ2n) is 9.25. The van der Waals surface area contributed by atoms with Crippen LogP contribution in [0.1, 0.15) is 45.6 Å². The highest BCUT2D eigenvalue weighted by molar-refractivity contribution is 6.30. The maximum absolute atomic E-state index is 13.6. The van der Waals surface area contributed by atoms with Gasteiger partial charge in [-0.15, -0.1) is 0 Å². The number of aliphatic hydroxyl groups is 1. The predicted molar refractivity (Wildman–Crippen MR) is 139 cm³/mol. The molecule has 15 heteroatoms. The Balaban J connectivity index is 1.85. The number of methoxy groups -OCH3 is 1. The Morgan fingerprint density at radius 2 is 1.67 bits per heavy atom. The Morgan fingerprint density at radius 3 is 2.17 bits per heavy atom. The molecular formula is C27H22ClF6N5O3. The molecule has 2 aromatic heterocycles. The molecule has 0 aliphatic rings. The highest BCUT2D eigenvalue weighted by atomic mass is 35.5. The molecule has 0 aliphatic carbocycles. The van der Waals surface area contributed by atoms with Gasteiger partial charge in [0.2, 0.25) is 0 Å². The van der Waals surface area contributed by atoms with Gasteiger partial charge in [-0.3, -0.25) is 4.79 Å². The number of aliphatic hydroxyl groups excluding tert-OH is 1. The van der Waals surface area contributed by atoms with E-state index < -0.39 is 53.3 Å². The number of hydrogen-bond acceptors (Lipinski definition) is 6. The summed E-state index contributed by atoms with van der Waals surface area (Å²) in [5.41, 5.74) is 4.42. The summed E-state index contributed by atoms with van der Waals surface area (Å²) in [4.78, 5) is 17.8. The van der Waals surface area contributed by atoms with Crippen molar-refractivity contribution in [1.82, 2.24) is 14.1 Å². The van der Waals surface area contributed by atoms with Crippen LogP contribution in [0.5, 0.6) is 5.75 Å². The van der Waals surface area contributed by atoms with Gasteiger partial charge in [0, 0.05) is 18.0 Å². The monoisotopic (exact) mass is 613 g/mol. The van der Waals surface area contributed by atoms with E-state index in [0.717, 1.165) is 16.5 Å². The molecule has 0 aliphatic heterocycles. The minimum absolute atomic E-state index is 0.0543. The number of halogens is 7. The summed E-state index contributed by atoms with van der Waals surface area (Å²) in [5.74, 6) is 0.331. The first kappa shape index (κ1) is 30.8. The van der Waals surface area contributed by atoms with E-state index in [1.165, 1.54) is 19.2 Å². The molecule has 2 atom stereocenters. The molecular weight excluding hydrogens is 592 g/mol. The lowest BCUT2D eigenvalue weighted by atomic mass is 9.97. The van der Waals surface area contributed by atoms with Crippen LogP contribution < -0.4 is 10.3 Å². The van der Waals surface area contributed by atoms with Gasteiger partial charge in [-0.1, -0.05) is 17.7 Å². The second-order valence-corrected chi connectivity index (χ2v) is 9.69. The maximum Gasteiger partial charge on any atom is 0.416 e. The molecule has 0 saturated heterocycles. The van der Waals surface area contributed by atoms with Crippen molar-refractivity contribution in [3.8, 4) is 11.4 Å². The first-order chi connectivity index (χ1) is 19.7. The number of hydrogen-bond donors (Lipinski definition) is 2. The smallest absolute Gasteiger partial charge is 0.416 e. The van der Waals surface area contributed by atoms with Crippen molar-refractivity contribution < 1.29 is 36.2 Å². The Kier molecular flexibility index (Phi) is 8.51. The minimum atomic E-state index is -5.14. The summed E-state index contributed by atoms with van der Waals surface area (Å²) >= 11 is 6.23. The summed E-state index contributed by atoms with van der Waals surface area (Å²) in [6.45, 7) is 0.743. The molecule has 2 aromatic carbocycles. The first-order valence-corrected chi connectivity index (χ1v) is 12.4. The average molecular weight is 614 g/mol. The van der Waals surface area contributed by atoms with Gasteiger partial charge in [-0.05, 0) is 54.4 Å². The van der Waals surface area contributed by atoms with Gasteiger partial charge in [0.05, 0.1) is 53.6 Å². The van der Waals surface area contributed by atoms with Crippen molar-refractivity contribution in [3.63, 3.8) is 0 Å². The van der Waals surface area contributed by atoms with Crippen LogP contribution in [0, 0.1) is 12.5 Å². The van der Waals surface area contributed by atoms with Gasteiger partial charge in [-0.2, -0.15) is 31.5 Å². The van der Waals surface area contributed by atoms with Gasteiger partial charge < -0.3 is 19.0 Å². The largest absolute Gasteiger partial charge is 0.495 e. The van der Waals surface area contributed by atoms with Crippen molar-refractivity contribution in [2.75, 3.05) is 13.7 Å². The molecule has 4 rings (SSSR count). The lowest BCUT2D eigenvalue weighted by Crippen LogP contribution is -2.31. The van der Waals surface area contributed by atoms with E-state index in [1.807, 2.05) is 0 Å². The normalized spacial score (nSPS) is 13.6. The lowest BCUT2D eigenvalue weighted by Gasteiger charge is -2.23. The van der Waals surface area contributed by atoms with Crippen molar-refractivity contribution in [2.24, 2.45) is 5.11 Å². The van der Waals surface area contributed by atoms with Gasteiger partial charge in [0.25, 0.3) is 5.56 Å². The third-order valence-electron chi connectivity index (χ3n) is 6.47. The molecule has 222 valence electrons. The van der Waals surface area contributed by atoms with Crippen LogP contribution in [0.25, 0.3) is 5.69 Å². The van der Waals surface area contributed by atoms with E-state index in [1.54, 1.807) is 36.1 Å². The fourth-order valence-electron chi connectivity index (χ4n) is 4.50. The van der Waals surface area contributed by atoms with Crippen LogP contribution >= 0.6 is 11.6 Å². The van der Waals surface area contributed by atoms with Crippen LogP contribution in [0.2, 0.25) is 5.02 Å². The number of ether oxygens (including phenoxy) is 1. The quantitative estimate of drug-likeness (QED) is 0.169. The fraction of sp³-hybridized carbons (Fsp3) is 0.259. The Morgan fingerprint density at radius 1 is 1.02 bits per heavy atom. The number of nitrogens with zero attached hydrogens (tertiary/aromatic N) is 4. The van der Waals surface area contributed by atoms with Gasteiger partial charge in [-0.25, -0.2) is 10.5 Å². The molecule has 2 heterocycles. The summed E-state index contributed by atoms with van der Waals surface area (Å²) in [6, 6.07) is 3.72. The zero-order valence-corrected chi connectivity index (χ0v) is 22.6. The maximum atomic E-state index is 13.6. The van der Waals surface area contributed by atoms with Crippen LogP contribution in [0.3, 0.4) is 0 Å². The molecule has 0 fully saturated rings. The number of nitrogens with one attached hydrogen (secondary N) is 1. The number of aryl methyl sites for hydroxylation is 1. The van der Waals surface area contributed by atoms with Crippen molar-refractivity contribution in [3.05, 3.63) is 110 Å². The number of pyridine rings is 1. The molecule has 8 nitrogen and oxygen atoms in total. The third kappa shape index (κ3) is 6.19. The molecule has 2 N–H and O–H groups in total. The van der Waals surface area contributed by atoms with Crippen molar-refractivity contribution in [2.45, 2.75) is 31.4 Å². The Bertz CT molecular complexity index is 1650. The predicted octanol–water partition coefficient (Wildman–Crippen LogP) is 6.74. The van der Waals surface area contributed by atoms with Crippen LogP contribution in [0.15, 0.2) is 71.1 Å². The highest BCUT2D eigenvalue weighted by Crippen LogP contribution is 2.38. The van der Waals surface area contributed by atoms with Gasteiger partial charge >= 0.3 is 12.4 Å². The molecule has 0 amide bonds. The molecule has 0 radical (unpaired) electrons. The number of rotatable bonds is 8. The fourth-order valence-corrected chi connectivity index (χ4v) is 4.72. The molecule has 42 heavy (non-hydrogen) atoms. The summed E-state index contributed by atoms with van der Waals surface area (Å²) in [6.07, 6.45) is -6.01. The van der Waals surface area contributed by atoms with Crippen LogP contribution in [-0.2, 0) is 12.4 Å². The van der Waals surface area contributed by atoms with E-state index in [4.69, 9.17) is 21.9 Å². The summed E-state index contributed by atoms with van der Waals surface area (Å²) in [7, 11) is 1.40. The van der Waals surface area contributed by atoms with Gasteiger partial charge in [0.1, 0.15) is 11.8 Å². The SMILES string of the molecule is COc1cc(C(N=N)c2cc(Cl)cn(C(CO)c3cc(C(F)(F)F)cc(C(F)(F)F)c3)c2=O)ccc1-n1cnc(C)c1. The van der Waals surface area contributed by atoms with E-state index >= 15 is 0 Å². The van der Waals surface area contributed by atoms with Gasteiger partial charge in [0.15, 0.2) is 0 Å². The Hall–Kier alpha value is -4.17. The standard InChI is InChI=1S/C27H22ClF6N5O3/c1-14-10-38(13-36-14)21-4-3-15(7-23(21)42-2)24(37-35)20-9-19(28)11-39(25(20)41)22(12-40)16-5-17(26(29,30)31)8-18(6-16)27(32,33)34/h3-11,13,22,24,35,40H,12H2,1-2H3. The Labute approximate surface area is 239 Å². The topological polar surface area (TPSA) is 105 Å². The highest BCUT2D eigenvalue weighted by Gasteiger charge is 2.38. The number of benzene rings is 2. The molecule has 4 aromatic rings. The van der Waals surface area contributed by atoms with Crippen LogP contribution in [0.4, 0.5) is 26.3 Å². The number of aromatic nitrogens is 3. The van der Waals surface area contributed by atoms with E-state index in [9.17, 15) is 36.2 Å². The second kappa shape index (κ2) is 11.6. The number of alkyl halides is 6. The average Bonchev–Trinajstić information content (AvgIpc) is 3.36. The van der Waals surface area contributed by atoms with Crippen LogP contribution in [-0.4, -0.2) is 32.9 Å². The lowest BCUT2D eigenvalue weighted by molar-refractivity contribution is -0.143. The number of imidazole rings is 1. The summed E-state index contributed by atoms with van der Waals surface area (Å²) in [5, 5.41) is 13.5. The van der Waals surface area contributed by atoms with E-state index in [0.29, 0.717) is 29.1 Å². The van der Waals surface area contributed by atoms with E-state index in [-0.39, 0.29) is 16.7 Å². The molecule has 0 saturated carbocycles. The third-order valence-corrected chi connectivity index (χ3v) is 6.68. The molecule has 0 spiro atoms. The minimum Gasteiger partial charge on any atom is -0.495 e. The zero-order chi connectivity index (χ0) is 31.0. The molecule has 0 bridgehead atoms. The van der Waals surface area contributed by atoms with Crippen molar-refractivity contribution >= 4 is 11.6 Å². The van der Waals surface area contributed by atoms with Crippen molar-refractivity contribution in [1.29, 1.82) is 5.53 Å². The zero-order valence-electron chi connectivity index (χ0n) is 21.8. The van der Waals surface area contributed by atoms with E-state index in [2.05, 4.69) is 10.1 Å².